The fourth-order valence-electron chi connectivity index (χ4n) is 3.70. The molecule has 0 radical (unpaired) electrons. The number of aliphatic carboxylic acids is 1. The topological polar surface area (TPSA) is 89.5 Å². The molecule has 0 spiro atoms. The van der Waals surface area contributed by atoms with Crippen LogP contribution < -0.4 is 10.4 Å². The van der Waals surface area contributed by atoms with Crippen LogP contribution in [-0.2, 0) is 9.59 Å². The van der Waals surface area contributed by atoms with Crippen molar-refractivity contribution in [2.24, 2.45) is 0 Å². The number of benzene rings is 1. The van der Waals surface area contributed by atoms with Crippen molar-refractivity contribution in [3.05, 3.63) is 47.2 Å². The summed E-state index contributed by atoms with van der Waals surface area (Å²) in [5.74, 6) is -1.99. The minimum Gasteiger partial charge on any atom is -0.548 e. The number of hydrogen-bond acceptors (Lipinski definition) is 4. The third-order valence-corrected chi connectivity index (χ3v) is 5.08. The first kappa shape index (κ1) is 18.2. The number of carboxylic acids is 1. The summed E-state index contributed by atoms with van der Waals surface area (Å²) >= 11 is 0. The number of nitrogens with one attached hydrogen (secondary N) is 1. The number of carboxylic acid groups (broad SMARTS) is 1. The Morgan fingerprint density at radius 1 is 1.00 bits per heavy atom. The van der Waals surface area contributed by atoms with Crippen molar-refractivity contribution in [1.82, 2.24) is 10.2 Å². The normalized spacial score (nSPS) is 19.9. The molecule has 1 aromatic carbocycles. The van der Waals surface area contributed by atoms with E-state index in [4.69, 9.17) is 0 Å². The second kappa shape index (κ2) is 8.17. The standard InChI is InChI=1S/C20H24N2O4/c23-18(15-10-5-2-6-11-15)21-17(14-8-3-1-4-9-14)19(24)22-13-7-12-16(22)20(25)26/h2,5-6,10-11,16H,1,3-4,7-9,12-13H2,(H,21,23)(H,25,26)/p-1/t16-/m0/s1. The van der Waals surface area contributed by atoms with Crippen molar-refractivity contribution in [3.63, 3.8) is 0 Å². The van der Waals surface area contributed by atoms with Crippen LogP contribution in [0, 0.1) is 0 Å². The minimum absolute atomic E-state index is 0.256. The monoisotopic (exact) mass is 355 g/mol. The molecule has 6 heteroatoms. The third kappa shape index (κ3) is 3.95. The van der Waals surface area contributed by atoms with Gasteiger partial charge in [0.15, 0.2) is 0 Å². The van der Waals surface area contributed by atoms with E-state index in [0.717, 1.165) is 37.7 Å². The Morgan fingerprint density at radius 2 is 1.69 bits per heavy atom. The lowest BCUT2D eigenvalue weighted by Gasteiger charge is -2.28. The predicted molar refractivity (Wildman–Crippen MR) is 93.8 cm³/mol. The van der Waals surface area contributed by atoms with E-state index < -0.39 is 17.9 Å². The van der Waals surface area contributed by atoms with E-state index in [1.165, 1.54) is 4.90 Å². The van der Waals surface area contributed by atoms with Gasteiger partial charge in [-0.3, -0.25) is 9.59 Å². The molecule has 1 aromatic rings. The summed E-state index contributed by atoms with van der Waals surface area (Å²) in [6, 6.07) is 7.78. The summed E-state index contributed by atoms with van der Waals surface area (Å²) in [6.45, 7) is 0.371. The number of likely N-dealkylation sites (tertiary alicyclic amines) is 1. The summed E-state index contributed by atoms with van der Waals surface area (Å²) in [6.07, 6.45) is 5.56. The average molecular weight is 355 g/mol. The van der Waals surface area contributed by atoms with Crippen molar-refractivity contribution in [3.8, 4) is 0 Å². The molecule has 0 unspecified atom stereocenters. The number of nitrogens with zero attached hydrogens (tertiary/aromatic N) is 1. The van der Waals surface area contributed by atoms with E-state index in [2.05, 4.69) is 5.32 Å². The zero-order chi connectivity index (χ0) is 18.5. The molecular weight excluding hydrogens is 332 g/mol. The lowest BCUT2D eigenvalue weighted by molar-refractivity contribution is -0.310. The van der Waals surface area contributed by atoms with E-state index in [0.29, 0.717) is 24.9 Å². The molecule has 138 valence electrons. The van der Waals surface area contributed by atoms with Gasteiger partial charge in [0.25, 0.3) is 11.8 Å². The van der Waals surface area contributed by atoms with Crippen LogP contribution in [0.25, 0.3) is 0 Å². The fraction of sp³-hybridized carbons (Fsp3) is 0.450. The molecule has 1 atom stereocenters. The highest BCUT2D eigenvalue weighted by atomic mass is 16.4. The summed E-state index contributed by atoms with van der Waals surface area (Å²) in [4.78, 5) is 38.4. The molecule has 1 heterocycles. The SMILES string of the molecule is O=C(NC(C(=O)N1CCC[C@H]1C(=O)[O-])=C1CCCCC1)c1ccccc1. The number of rotatable bonds is 4. The first-order valence-electron chi connectivity index (χ1n) is 9.18. The van der Waals surface area contributed by atoms with E-state index in [1.54, 1.807) is 24.3 Å². The molecule has 2 amide bonds. The largest absolute Gasteiger partial charge is 0.548 e. The summed E-state index contributed by atoms with van der Waals surface area (Å²) in [7, 11) is 0. The van der Waals surface area contributed by atoms with Crippen molar-refractivity contribution < 1.29 is 19.5 Å². The van der Waals surface area contributed by atoms with Crippen LogP contribution in [0.2, 0.25) is 0 Å². The minimum atomic E-state index is -1.24. The van der Waals surface area contributed by atoms with Gasteiger partial charge in [0, 0.05) is 12.1 Å². The number of allylic oxidation sites excluding steroid dienone is 1. The van der Waals surface area contributed by atoms with Gasteiger partial charge in [-0.05, 0) is 56.2 Å². The van der Waals surface area contributed by atoms with Crippen molar-refractivity contribution in [1.29, 1.82) is 0 Å². The Hall–Kier alpha value is -2.63. The molecule has 2 aliphatic rings. The van der Waals surface area contributed by atoms with Gasteiger partial charge in [0.1, 0.15) is 5.70 Å². The van der Waals surface area contributed by atoms with Gasteiger partial charge in [-0.1, -0.05) is 24.6 Å². The van der Waals surface area contributed by atoms with Crippen LogP contribution in [0.4, 0.5) is 0 Å². The Kier molecular flexibility index (Phi) is 5.71. The molecule has 1 saturated heterocycles. The van der Waals surface area contributed by atoms with E-state index in [-0.39, 0.29) is 11.6 Å². The average Bonchev–Trinajstić information content (AvgIpc) is 3.17. The van der Waals surface area contributed by atoms with Crippen molar-refractivity contribution in [2.45, 2.75) is 51.0 Å². The Balaban J connectivity index is 1.87. The summed E-state index contributed by atoms with van der Waals surface area (Å²) in [5.41, 5.74) is 1.63. The third-order valence-electron chi connectivity index (χ3n) is 5.08. The molecular formula is C20H23N2O4-. The number of carbonyl (C=O) groups excluding carboxylic acids is 3. The van der Waals surface area contributed by atoms with Crippen LogP contribution in [-0.4, -0.2) is 35.3 Å². The number of carbonyl (C=O) groups is 3. The summed E-state index contributed by atoms with van der Waals surface area (Å²) in [5, 5.41) is 14.1. The molecule has 0 aromatic heterocycles. The number of amides is 2. The first-order chi connectivity index (χ1) is 12.6. The van der Waals surface area contributed by atoms with Crippen molar-refractivity contribution >= 4 is 17.8 Å². The lowest BCUT2D eigenvalue weighted by Crippen LogP contribution is -2.49. The van der Waals surface area contributed by atoms with Gasteiger partial charge < -0.3 is 20.1 Å². The molecule has 3 rings (SSSR count). The quantitative estimate of drug-likeness (QED) is 0.826. The lowest BCUT2D eigenvalue weighted by atomic mass is 9.92. The maximum absolute atomic E-state index is 13.1. The van der Waals surface area contributed by atoms with E-state index in [9.17, 15) is 19.5 Å². The Bertz CT molecular complexity index is 719. The zero-order valence-electron chi connectivity index (χ0n) is 14.7. The number of hydrogen-bond donors (Lipinski definition) is 1. The molecule has 6 nitrogen and oxygen atoms in total. The second-order valence-corrected chi connectivity index (χ2v) is 6.83. The molecule has 1 saturated carbocycles. The van der Waals surface area contributed by atoms with Crippen molar-refractivity contribution in [2.75, 3.05) is 6.54 Å². The Morgan fingerprint density at radius 3 is 2.35 bits per heavy atom. The van der Waals surface area contributed by atoms with Gasteiger partial charge in [-0.15, -0.1) is 0 Å². The molecule has 1 aliphatic heterocycles. The highest BCUT2D eigenvalue weighted by molar-refractivity contribution is 6.04. The molecule has 2 fully saturated rings. The molecule has 26 heavy (non-hydrogen) atoms. The maximum atomic E-state index is 13.1. The van der Waals surface area contributed by atoms with Gasteiger partial charge in [-0.2, -0.15) is 0 Å². The zero-order valence-corrected chi connectivity index (χ0v) is 14.7. The Labute approximate surface area is 152 Å². The maximum Gasteiger partial charge on any atom is 0.270 e. The predicted octanol–water partition coefficient (Wildman–Crippen LogP) is 1.38. The smallest absolute Gasteiger partial charge is 0.270 e. The van der Waals surface area contributed by atoms with Gasteiger partial charge in [0.2, 0.25) is 0 Å². The van der Waals surface area contributed by atoms with Gasteiger partial charge in [-0.25, -0.2) is 0 Å². The highest BCUT2D eigenvalue weighted by Crippen LogP contribution is 2.28. The van der Waals surface area contributed by atoms with E-state index in [1.807, 2.05) is 6.07 Å². The molecule has 1 N–H and O–H groups in total. The second-order valence-electron chi connectivity index (χ2n) is 6.83. The summed E-state index contributed by atoms with van der Waals surface area (Å²) < 4.78 is 0. The van der Waals surface area contributed by atoms with Gasteiger partial charge >= 0.3 is 0 Å². The van der Waals surface area contributed by atoms with Crippen LogP contribution in [0.3, 0.4) is 0 Å². The van der Waals surface area contributed by atoms with E-state index >= 15 is 0 Å². The highest BCUT2D eigenvalue weighted by Gasteiger charge is 2.33. The van der Waals surface area contributed by atoms with Crippen LogP contribution in [0.1, 0.15) is 55.3 Å². The molecule has 0 bridgehead atoms. The van der Waals surface area contributed by atoms with Crippen LogP contribution in [0.15, 0.2) is 41.6 Å². The fourth-order valence-corrected chi connectivity index (χ4v) is 3.70. The molecule has 1 aliphatic carbocycles. The first-order valence-corrected chi connectivity index (χ1v) is 9.18. The van der Waals surface area contributed by atoms with Crippen LogP contribution >= 0.6 is 0 Å². The van der Waals surface area contributed by atoms with Gasteiger partial charge in [0.05, 0.1) is 12.0 Å². The van der Waals surface area contributed by atoms with Crippen LogP contribution in [0.5, 0.6) is 0 Å².